The van der Waals surface area contributed by atoms with E-state index in [0.29, 0.717) is 40.5 Å². The lowest BCUT2D eigenvalue weighted by atomic mass is 9.95. The van der Waals surface area contributed by atoms with Crippen LogP contribution in [0.3, 0.4) is 0 Å². The lowest BCUT2D eigenvalue weighted by Crippen LogP contribution is -2.43. The molecule has 1 N–H and O–H groups in total. The second-order valence-corrected chi connectivity index (χ2v) is 12.2. The quantitative estimate of drug-likeness (QED) is 0.296. The third-order valence-electron chi connectivity index (χ3n) is 9.38. The largest absolute Gasteiger partial charge is 0.461 e. The summed E-state index contributed by atoms with van der Waals surface area (Å²) in [5.41, 5.74) is 0.0118. The lowest BCUT2D eigenvalue weighted by molar-refractivity contribution is 0.107. The average molecular weight is 597 g/mol. The summed E-state index contributed by atoms with van der Waals surface area (Å²) in [6.07, 6.45) is 3.77. The van der Waals surface area contributed by atoms with Crippen molar-refractivity contribution in [1.29, 1.82) is 0 Å². The van der Waals surface area contributed by atoms with E-state index in [1.165, 1.54) is 6.07 Å². The van der Waals surface area contributed by atoms with Gasteiger partial charge in [-0.3, -0.25) is 9.88 Å². The highest BCUT2D eigenvalue weighted by Crippen LogP contribution is 2.41. The van der Waals surface area contributed by atoms with Gasteiger partial charge in [0, 0.05) is 49.2 Å². The van der Waals surface area contributed by atoms with Gasteiger partial charge in [0.2, 0.25) is 0 Å². The maximum Gasteiger partial charge on any atom is 0.319 e. The van der Waals surface area contributed by atoms with Crippen molar-refractivity contribution in [2.24, 2.45) is 0 Å². The molecule has 0 unspecified atom stereocenters. The summed E-state index contributed by atoms with van der Waals surface area (Å²) in [5, 5.41) is 4.84. The fourth-order valence-electron chi connectivity index (χ4n) is 7.23. The third-order valence-corrected chi connectivity index (χ3v) is 9.75. The molecule has 3 aliphatic heterocycles. The van der Waals surface area contributed by atoms with Crippen LogP contribution >= 0.6 is 11.6 Å². The van der Waals surface area contributed by atoms with Crippen molar-refractivity contribution < 1.29 is 17.9 Å². The van der Waals surface area contributed by atoms with Crippen molar-refractivity contribution in [3.05, 3.63) is 53.2 Å². The van der Waals surface area contributed by atoms with Crippen molar-refractivity contribution in [2.45, 2.75) is 56.4 Å². The minimum atomic E-state index is -0.895. The number of nitrogens with zero attached hydrogens (tertiary/aromatic N) is 5. The molecule has 220 valence electrons. The first kappa shape index (κ1) is 27.6. The normalized spacial score (nSPS) is 25.9. The number of pyridine rings is 1. The lowest BCUT2D eigenvalue weighted by Gasteiger charge is -2.31. The zero-order valence-electron chi connectivity index (χ0n) is 23.5. The van der Waals surface area contributed by atoms with Gasteiger partial charge in [-0.15, -0.1) is 0 Å². The second-order valence-electron chi connectivity index (χ2n) is 11.9. The molecule has 0 saturated carbocycles. The van der Waals surface area contributed by atoms with E-state index >= 15 is 4.39 Å². The van der Waals surface area contributed by atoms with Gasteiger partial charge in [-0.2, -0.15) is 9.97 Å². The van der Waals surface area contributed by atoms with E-state index in [1.807, 2.05) is 11.9 Å². The van der Waals surface area contributed by atoms with Crippen LogP contribution in [0.15, 0.2) is 36.5 Å². The molecule has 5 heterocycles. The van der Waals surface area contributed by atoms with E-state index < -0.39 is 23.3 Å². The van der Waals surface area contributed by atoms with Crippen LogP contribution < -0.4 is 15.0 Å². The molecule has 4 aromatic rings. The first-order valence-electron chi connectivity index (χ1n) is 14.5. The molecule has 0 spiro atoms. The molecule has 3 aliphatic rings. The number of likely N-dealkylation sites (N-methyl/N-ethyl adjacent to an activating group) is 1. The average Bonchev–Trinajstić information content (AvgIpc) is 3.67. The zero-order chi connectivity index (χ0) is 29.2. The number of ether oxygens (including phenoxy) is 1. The molecule has 0 radical (unpaired) electrons. The Hall–Kier alpha value is -3.21. The fourth-order valence-corrected chi connectivity index (χ4v) is 7.50. The van der Waals surface area contributed by atoms with Gasteiger partial charge in [0.15, 0.2) is 5.82 Å². The van der Waals surface area contributed by atoms with Gasteiger partial charge in [0.25, 0.3) is 0 Å². The predicted molar refractivity (Wildman–Crippen MR) is 158 cm³/mol. The molecule has 2 aromatic carbocycles. The summed E-state index contributed by atoms with van der Waals surface area (Å²) in [4.78, 5) is 18.0. The van der Waals surface area contributed by atoms with Crippen LogP contribution in [0.5, 0.6) is 6.01 Å². The number of alkyl halides is 1. The Bertz CT molecular complexity index is 1690. The first-order valence-corrected chi connectivity index (χ1v) is 14.8. The van der Waals surface area contributed by atoms with Crippen LogP contribution in [0.4, 0.5) is 19.0 Å². The minimum Gasteiger partial charge on any atom is -0.461 e. The molecule has 0 bridgehead atoms. The Balaban J connectivity index is 1.36. The molecular formula is C31H32ClF3N6O. The predicted octanol–water partition coefficient (Wildman–Crippen LogP) is 5.92. The van der Waals surface area contributed by atoms with Crippen molar-refractivity contribution in [1.82, 2.24) is 25.2 Å². The molecule has 3 fully saturated rings. The van der Waals surface area contributed by atoms with E-state index in [-0.39, 0.29) is 40.9 Å². The highest BCUT2D eigenvalue weighted by molar-refractivity contribution is 6.36. The Morgan fingerprint density at radius 1 is 1.21 bits per heavy atom. The monoisotopic (exact) mass is 596 g/mol. The summed E-state index contributed by atoms with van der Waals surface area (Å²) in [7, 11) is 1.93. The molecule has 3 saturated heterocycles. The second kappa shape index (κ2) is 10.5. The molecule has 42 heavy (non-hydrogen) atoms. The van der Waals surface area contributed by atoms with Crippen molar-refractivity contribution in [3.8, 4) is 17.3 Å². The van der Waals surface area contributed by atoms with Gasteiger partial charge in [0.05, 0.1) is 15.9 Å². The van der Waals surface area contributed by atoms with E-state index in [0.717, 1.165) is 32.4 Å². The Morgan fingerprint density at radius 3 is 2.88 bits per heavy atom. The van der Waals surface area contributed by atoms with Crippen LogP contribution in [0.1, 0.15) is 32.6 Å². The third kappa shape index (κ3) is 4.46. The summed E-state index contributed by atoms with van der Waals surface area (Å²) in [6.45, 7) is 4.43. The number of hydrogen-bond acceptors (Lipinski definition) is 7. The molecule has 7 nitrogen and oxygen atoms in total. The van der Waals surface area contributed by atoms with Crippen molar-refractivity contribution >= 4 is 39.1 Å². The number of halogens is 4. The van der Waals surface area contributed by atoms with Gasteiger partial charge in [0.1, 0.15) is 35.6 Å². The van der Waals surface area contributed by atoms with Gasteiger partial charge in [-0.1, -0.05) is 35.9 Å². The van der Waals surface area contributed by atoms with Crippen molar-refractivity contribution in [3.63, 3.8) is 0 Å². The highest BCUT2D eigenvalue weighted by atomic mass is 35.5. The smallest absolute Gasteiger partial charge is 0.319 e. The number of fused-ring (bicyclic) bond motifs is 3. The van der Waals surface area contributed by atoms with Gasteiger partial charge < -0.3 is 15.0 Å². The van der Waals surface area contributed by atoms with Gasteiger partial charge in [-0.05, 0) is 50.7 Å². The summed E-state index contributed by atoms with van der Waals surface area (Å²) < 4.78 is 51.6. The van der Waals surface area contributed by atoms with E-state index in [4.69, 9.17) is 21.3 Å². The SMILES string of the molecule is C[C@@H]1NCC[C@@H]1N(C)c1nc(OC[C@@]23CCCN2C[C@H](F)C3)nc2c(F)c(-c3cccc4ccc(F)c(Cl)c34)ncc12. The summed E-state index contributed by atoms with van der Waals surface area (Å²) in [6, 6.07) is 8.45. The number of aromatic nitrogens is 3. The first-order chi connectivity index (χ1) is 20.3. The maximum absolute atomic E-state index is 16.6. The number of anilines is 1. The topological polar surface area (TPSA) is 66.4 Å². The number of rotatable bonds is 6. The molecule has 0 aliphatic carbocycles. The molecule has 4 atom stereocenters. The van der Waals surface area contributed by atoms with E-state index in [9.17, 15) is 8.78 Å². The highest BCUT2D eigenvalue weighted by Gasteiger charge is 2.49. The number of nitrogens with one attached hydrogen (secondary N) is 1. The minimum absolute atomic E-state index is 0.00591. The molecule has 11 heteroatoms. The Labute approximate surface area is 247 Å². The number of hydrogen-bond donors (Lipinski definition) is 1. The summed E-state index contributed by atoms with van der Waals surface area (Å²) in [5.74, 6) is -0.766. The van der Waals surface area contributed by atoms with Gasteiger partial charge in [-0.25, -0.2) is 13.2 Å². The molecule has 2 aromatic heterocycles. The standard InChI is InChI=1S/C31H32ClF3N6O/c1-17-23(9-11-36-17)40(2)29-21-14-37-27(20-6-3-5-18-7-8-22(34)25(32)24(18)20)26(35)28(21)38-30(39-29)42-16-31-10-4-12-41(31)15-19(33)13-31/h3,5-8,14,17,19,23,36H,4,9-13,15-16H2,1-2H3/t17-,19+,23-,31-/m0/s1. The summed E-state index contributed by atoms with van der Waals surface area (Å²) >= 11 is 6.37. The molecular weight excluding hydrogens is 565 g/mol. The number of benzene rings is 2. The van der Waals surface area contributed by atoms with Crippen LogP contribution in [0.2, 0.25) is 5.02 Å². The van der Waals surface area contributed by atoms with Crippen LogP contribution in [-0.2, 0) is 0 Å². The van der Waals surface area contributed by atoms with Crippen LogP contribution in [-0.4, -0.2) is 76.9 Å². The Morgan fingerprint density at radius 2 is 2.07 bits per heavy atom. The Kier molecular flexibility index (Phi) is 6.90. The zero-order valence-corrected chi connectivity index (χ0v) is 24.3. The fraction of sp³-hybridized carbons (Fsp3) is 0.452. The maximum atomic E-state index is 16.6. The van der Waals surface area contributed by atoms with Crippen LogP contribution in [0.25, 0.3) is 32.9 Å². The van der Waals surface area contributed by atoms with E-state index in [1.54, 1.807) is 30.5 Å². The molecule has 7 rings (SSSR count). The van der Waals surface area contributed by atoms with Crippen LogP contribution in [0, 0.1) is 11.6 Å². The van der Waals surface area contributed by atoms with E-state index in [2.05, 4.69) is 27.1 Å². The van der Waals surface area contributed by atoms with Crippen molar-refractivity contribution in [2.75, 3.05) is 38.2 Å². The van der Waals surface area contributed by atoms with Gasteiger partial charge >= 0.3 is 6.01 Å². The molecule has 0 amide bonds.